The number of ketones is 1. The average Bonchev–Trinajstić information content (AvgIpc) is 3.45. The summed E-state index contributed by atoms with van der Waals surface area (Å²) < 4.78 is 5.16. The van der Waals surface area contributed by atoms with E-state index in [0.717, 1.165) is 0 Å². The quantitative estimate of drug-likeness (QED) is 0.246. The van der Waals surface area contributed by atoms with E-state index >= 15 is 0 Å². The molecule has 2 aromatic carbocycles. The molecule has 1 fully saturated rings. The zero-order valence-corrected chi connectivity index (χ0v) is 15.1. The van der Waals surface area contributed by atoms with Crippen molar-refractivity contribution in [3.63, 3.8) is 0 Å². The van der Waals surface area contributed by atoms with Crippen molar-refractivity contribution in [2.75, 3.05) is 5.75 Å². The third-order valence-corrected chi connectivity index (χ3v) is 6.72. The minimum absolute atomic E-state index is 0.0262. The highest BCUT2D eigenvalue weighted by Crippen LogP contribution is 2.35. The van der Waals surface area contributed by atoms with Gasteiger partial charge in [-0.3, -0.25) is 4.79 Å². The fourth-order valence-corrected chi connectivity index (χ4v) is 4.92. The lowest BCUT2D eigenvalue weighted by Crippen LogP contribution is -2.20. The molecule has 0 aliphatic heterocycles. The molecule has 0 spiro atoms. The fourth-order valence-electron chi connectivity index (χ4n) is 2.47. The molecule has 0 heterocycles. The Morgan fingerprint density at radius 3 is 2.28 bits per heavy atom. The second-order valence-corrected chi connectivity index (χ2v) is 8.49. The Morgan fingerprint density at radius 2 is 1.72 bits per heavy atom. The van der Waals surface area contributed by atoms with Crippen molar-refractivity contribution in [3.05, 3.63) is 72.3 Å². The minimum atomic E-state index is -0.460. The first-order valence-electron chi connectivity index (χ1n) is 8.30. The van der Waals surface area contributed by atoms with Crippen LogP contribution in [0, 0.1) is 0 Å². The van der Waals surface area contributed by atoms with E-state index in [0.29, 0.717) is 27.9 Å². The van der Waals surface area contributed by atoms with Gasteiger partial charge in [-0.1, -0.05) is 24.8 Å². The molecule has 0 radical (unpaired) electrons. The lowest BCUT2D eigenvalue weighted by molar-refractivity contribution is -0.130. The van der Waals surface area contributed by atoms with Gasteiger partial charge in [0.25, 0.3) is 0 Å². The van der Waals surface area contributed by atoms with Crippen LogP contribution in [0.3, 0.4) is 0 Å². The number of carbonyl (C=O) groups is 2. The number of hydrogen-bond donors (Lipinski definition) is 0. The summed E-state index contributed by atoms with van der Waals surface area (Å²) in [4.78, 5) is 25.5. The first-order valence-corrected chi connectivity index (χ1v) is 9.76. The van der Waals surface area contributed by atoms with Gasteiger partial charge in [-0.05, 0) is 43.3 Å². The van der Waals surface area contributed by atoms with Crippen molar-refractivity contribution in [2.45, 2.75) is 29.9 Å². The largest absolute Gasteiger partial charge is 0.423 e. The van der Waals surface area contributed by atoms with Crippen molar-refractivity contribution in [1.29, 1.82) is 0 Å². The molecule has 1 aliphatic carbocycles. The summed E-state index contributed by atoms with van der Waals surface area (Å²) in [6.07, 6.45) is 2.42. The summed E-state index contributed by atoms with van der Waals surface area (Å²) in [6.45, 7) is 5.15. The molecule has 0 amide bonds. The number of hydrogen-bond acceptors (Lipinski definition) is 3. The van der Waals surface area contributed by atoms with Gasteiger partial charge in [0, 0.05) is 34.9 Å². The van der Waals surface area contributed by atoms with Crippen molar-refractivity contribution >= 4 is 22.6 Å². The summed E-state index contributed by atoms with van der Waals surface area (Å²) in [5.41, 5.74) is 1.00. The number of carbonyl (C=O) groups excluding carboxylic acids is 2. The highest BCUT2D eigenvalue weighted by atomic mass is 32.2. The van der Waals surface area contributed by atoms with Crippen LogP contribution >= 0.6 is 0 Å². The molecule has 0 bridgehead atoms. The Bertz CT molecular complexity index is 777. The van der Waals surface area contributed by atoms with Crippen LogP contribution in [-0.2, 0) is 15.7 Å². The number of benzene rings is 2. The Morgan fingerprint density at radius 1 is 1.08 bits per heavy atom. The number of esters is 1. The minimum Gasteiger partial charge on any atom is -0.423 e. The van der Waals surface area contributed by atoms with E-state index < -0.39 is 5.97 Å². The van der Waals surface area contributed by atoms with E-state index in [1.165, 1.54) is 17.7 Å². The van der Waals surface area contributed by atoms with Crippen molar-refractivity contribution in [2.24, 2.45) is 0 Å². The molecule has 2 aromatic rings. The van der Waals surface area contributed by atoms with Crippen LogP contribution < -0.4 is 4.74 Å². The molecule has 128 valence electrons. The van der Waals surface area contributed by atoms with Crippen LogP contribution in [0.5, 0.6) is 5.75 Å². The van der Waals surface area contributed by atoms with Gasteiger partial charge < -0.3 is 4.74 Å². The van der Waals surface area contributed by atoms with Gasteiger partial charge in [0.05, 0.1) is 0 Å². The molecule has 1 atom stereocenters. The Hall–Kier alpha value is -2.33. The maximum Gasteiger partial charge on any atom is 0.338 e. The molecule has 1 unspecified atom stereocenters. The smallest absolute Gasteiger partial charge is 0.338 e. The predicted molar refractivity (Wildman–Crippen MR) is 101 cm³/mol. The predicted octanol–water partition coefficient (Wildman–Crippen LogP) is 4.19. The van der Waals surface area contributed by atoms with E-state index in [1.54, 1.807) is 31.2 Å². The first-order chi connectivity index (χ1) is 12.0. The van der Waals surface area contributed by atoms with E-state index in [-0.39, 0.29) is 16.7 Å². The molecule has 0 saturated heterocycles. The molecular formula is C21H21O3S+. The Balaban J connectivity index is 1.68. The second kappa shape index (κ2) is 7.70. The van der Waals surface area contributed by atoms with E-state index in [9.17, 15) is 9.59 Å². The van der Waals surface area contributed by atoms with E-state index in [2.05, 4.69) is 18.7 Å². The van der Waals surface area contributed by atoms with Crippen LogP contribution in [0.15, 0.2) is 71.6 Å². The third kappa shape index (κ3) is 4.60. The van der Waals surface area contributed by atoms with Crippen molar-refractivity contribution in [1.82, 2.24) is 0 Å². The molecule has 4 heteroatoms. The Labute approximate surface area is 151 Å². The monoisotopic (exact) mass is 353 g/mol. The zero-order chi connectivity index (χ0) is 17.8. The van der Waals surface area contributed by atoms with Crippen molar-refractivity contribution in [3.8, 4) is 5.75 Å². The van der Waals surface area contributed by atoms with E-state index in [1.807, 2.05) is 18.2 Å². The lowest BCUT2D eigenvalue weighted by Gasteiger charge is -2.08. The number of ether oxygens (including phenoxy) is 1. The second-order valence-electron chi connectivity index (χ2n) is 6.20. The van der Waals surface area contributed by atoms with E-state index in [4.69, 9.17) is 4.74 Å². The fraction of sp³-hybridized carbons (Fsp3) is 0.238. The van der Waals surface area contributed by atoms with Crippen LogP contribution in [0.4, 0.5) is 0 Å². The summed E-state index contributed by atoms with van der Waals surface area (Å²) in [5, 5.41) is 0.641. The summed E-state index contributed by atoms with van der Waals surface area (Å²) in [7, 11) is -0.0262. The van der Waals surface area contributed by atoms with Gasteiger partial charge >= 0.3 is 5.97 Å². The number of rotatable bonds is 7. The topological polar surface area (TPSA) is 43.4 Å². The van der Waals surface area contributed by atoms with Crippen LogP contribution in [-0.4, -0.2) is 22.8 Å². The highest BCUT2D eigenvalue weighted by molar-refractivity contribution is 7.98. The highest BCUT2D eigenvalue weighted by Gasteiger charge is 2.43. The van der Waals surface area contributed by atoms with Crippen LogP contribution in [0.2, 0.25) is 0 Å². The molecule has 1 aliphatic rings. The summed E-state index contributed by atoms with van der Waals surface area (Å²) in [5.74, 6) is 0.642. The molecule has 3 nitrogen and oxygen atoms in total. The molecule has 3 rings (SSSR count). The third-order valence-electron chi connectivity index (χ3n) is 3.99. The molecular weight excluding hydrogens is 332 g/mol. The van der Waals surface area contributed by atoms with Gasteiger partial charge in [-0.15, -0.1) is 0 Å². The lowest BCUT2D eigenvalue weighted by atomic mass is 10.1. The van der Waals surface area contributed by atoms with Crippen LogP contribution in [0.25, 0.3) is 0 Å². The maximum atomic E-state index is 12.7. The molecule has 0 N–H and O–H groups in total. The van der Waals surface area contributed by atoms with Crippen LogP contribution in [0.1, 0.15) is 30.1 Å². The van der Waals surface area contributed by atoms with Gasteiger partial charge in [0.15, 0.2) is 10.6 Å². The van der Waals surface area contributed by atoms with Gasteiger partial charge in [0.1, 0.15) is 11.0 Å². The summed E-state index contributed by atoms with van der Waals surface area (Å²) in [6, 6.07) is 17.1. The molecule has 25 heavy (non-hydrogen) atoms. The molecule has 0 aromatic heterocycles. The Kier molecular flexibility index (Phi) is 5.39. The van der Waals surface area contributed by atoms with Gasteiger partial charge in [-0.25, -0.2) is 4.79 Å². The van der Waals surface area contributed by atoms with Crippen molar-refractivity contribution < 1.29 is 14.3 Å². The first kappa shape index (κ1) is 17.5. The standard InChI is InChI=1S/C21H21O3S/c1-15(2)21(23)24-17-10-8-16(9-11-17)20(22)14-25(19-12-13-19)18-6-4-3-5-7-18/h3-11,19H,1,12-14H2,2H3/q+1. The number of Topliss-reactive ketones (excluding diaryl/α,β-unsaturated/α-hetero) is 1. The molecule has 1 saturated carbocycles. The SMILES string of the molecule is C=C(C)C(=O)Oc1ccc(C(=O)C[S+](c2ccccc2)C2CC2)cc1. The zero-order valence-electron chi connectivity index (χ0n) is 14.2. The average molecular weight is 353 g/mol. The normalized spacial score (nSPS) is 14.6. The van der Waals surface area contributed by atoms with Gasteiger partial charge in [0.2, 0.25) is 5.78 Å². The summed E-state index contributed by atoms with van der Waals surface area (Å²) >= 11 is 0. The maximum absolute atomic E-state index is 12.7. The van der Waals surface area contributed by atoms with Gasteiger partial charge in [-0.2, -0.15) is 0 Å².